The van der Waals surface area contributed by atoms with E-state index in [9.17, 15) is 0 Å². The molecule has 0 fully saturated rings. The lowest BCUT2D eigenvalue weighted by atomic mass is 10.0. The van der Waals surface area contributed by atoms with Crippen molar-refractivity contribution in [1.29, 1.82) is 0 Å². The lowest BCUT2D eigenvalue weighted by molar-refractivity contribution is 0.534. The van der Waals surface area contributed by atoms with Crippen molar-refractivity contribution in [3.63, 3.8) is 0 Å². The molecule has 0 saturated carbocycles. The van der Waals surface area contributed by atoms with Crippen LogP contribution in [-0.2, 0) is 6.42 Å². The van der Waals surface area contributed by atoms with Gasteiger partial charge in [0.05, 0.1) is 23.6 Å². The largest absolute Gasteiger partial charge is 0.309 e. The van der Waals surface area contributed by atoms with Crippen LogP contribution in [0.4, 0.5) is 0 Å². The van der Waals surface area contributed by atoms with Crippen molar-refractivity contribution >= 4 is 11.6 Å². The fourth-order valence-corrected chi connectivity index (χ4v) is 2.46. The topological polar surface area (TPSA) is 37.8 Å². The van der Waals surface area contributed by atoms with Crippen LogP contribution in [0.5, 0.6) is 0 Å². The molecular formula is C16H20ClN3. The highest BCUT2D eigenvalue weighted by Gasteiger charge is 2.14. The van der Waals surface area contributed by atoms with Crippen LogP contribution in [0.3, 0.4) is 0 Å². The first-order chi connectivity index (χ1) is 9.60. The van der Waals surface area contributed by atoms with Gasteiger partial charge in [-0.15, -0.1) is 0 Å². The van der Waals surface area contributed by atoms with Crippen LogP contribution >= 0.6 is 11.6 Å². The highest BCUT2D eigenvalue weighted by Crippen LogP contribution is 2.23. The zero-order valence-corrected chi connectivity index (χ0v) is 12.9. The summed E-state index contributed by atoms with van der Waals surface area (Å²) in [5.74, 6) is 0. The number of aryl methyl sites for hydroxylation is 2. The number of nitrogens with one attached hydrogen (secondary N) is 1. The predicted octanol–water partition coefficient (Wildman–Crippen LogP) is 3.64. The summed E-state index contributed by atoms with van der Waals surface area (Å²) >= 11 is 6.32. The third-order valence-electron chi connectivity index (χ3n) is 3.24. The Labute approximate surface area is 125 Å². The number of benzene rings is 1. The van der Waals surface area contributed by atoms with Gasteiger partial charge < -0.3 is 5.32 Å². The molecule has 1 N–H and O–H groups in total. The monoisotopic (exact) mass is 289 g/mol. The second-order valence-electron chi connectivity index (χ2n) is 4.99. The Balaban J connectivity index is 2.22. The number of halogens is 1. The Bertz CT molecular complexity index is 566. The van der Waals surface area contributed by atoms with E-state index < -0.39 is 0 Å². The lowest BCUT2D eigenvalue weighted by Gasteiger charge is -2.18. The Morgan fingerprint density at radius 1 is 1.20 bits per heavy atom. The first kappa shape index (κ1) is 14.9. The molecule has 0 spiro atoms. The molecule has 4 heteroatoms. The highest BCUT2D eigenvalue weighted by atomic mass is 35.5. The fourth-order valence-electron chi connectivity index (χ4n) is 2.15. The van der Waals surface area contributed by atoms with Crippen molar-refractivity contribution in [3.8, 4) is 0 Å². The van der Waals surface area contributed by atoms with Crippen LogP contribution < -0.4 is 5.32 Å². The van der Waals surface area contributed by atoms with E-state index in [-0.39, 0.29) is 6.04 Å². The van der Waals surface area contributed by atoms with Crippen molar-refractivity contribution in [2.75, 3.05) is 6.54 Å². The number of hydrogen-bond donors (Lipinski definition) is 1. The van der Waals surface area contributed by atoms with E-state index in [4.69, 9.17) is 11.6 Å². The maximum Gasteiger partial charge on any atom is 0.0759 e. The van der Waals surface area contributed by atoms with Crippen LogP contribution in [0.2, 0.25) is 5.02 Å². The van der Waals surface area contributed by atoms with Crippen LogP contribution in [0.25, 0.3) is 0 Å². The van der Waals surface area contributed by atoms with Gasteiger partial charge in [-0.25, -0.2) is 0 Å². The number of aromatic nitrogens is 2. The molecule has 3 nitrogen and oxygen atoms in total. The molecule has 0 saturated heterocycles. The Morgan fingerprint density at radius 3 is 2.60 bits per heavy atom. The zero-order chi connectivity index (χ0) is 14.5. The van der Waals surface area contributed by atoms with Crippen molar-refractivity contribution in [2.45, 2.75) is 33.2 Å². The van der Waals surface area contributed by atoms with Gasteiger partial charge in [0.1, 0.15) is 0 Å². The standard InChI is InChI=1S/C16H20ClN3/c1-4-18-15(16-10-19-12(3)9-20-16)8-13-6-5-11(2)7-14(13)17/h5-7,9-10,15,18H,4,8H2,1-3H3. The molecule has 0 radical (unpaired) electrons. The van der Waals surface area contributed by atoms with E-state index in [0.717, 1.165) is 34.9 Å². The van der Waals surface area contributed by atoms with Gasteiger partial charge in [-0.05, 0) is 44.0 Å². The number of nitrogens with zero attached hydrogens (tertiary/aromatic N) is 2. The van der Waals surface area contributed by atoms with E-state index in [0.29, 0.717) is 0 Å². The van der Waals surface area contributed by atoms with E-state index >= 15 is 0 Å². The molecular weight excluding hydrogens is 270 g/mol. The van der Waals surface area contributed by atoms with Gasteiger partial charge in [-0.2, -0.15) is 0 Å². The van der Waals surface area contributed by atoms with Gasteiger partial charge in [-0.1, -0.05) is 30.7 Å². The molecule has 0 aliphatic heterocycles. The molecule has 1 aromatic carbocycles. The molecule has 1 atom stereocenters. The number of rotatable bonds is 5. The molecule has 1 aromatic heterocycles. The molecule has 0 aliphatic rings. The maximum absolute atomic E-state index is 6.32. The van der Waals surface area contributed by atoms with Crippen LogP contribution in [-0.4, -0.2) is 16.5 Å². The lowest BCUT2D eigenvalue weighted by Crippen LogP contribution is -2.24. The van der Waals surface area contributed by atoms with Crippen molar-refractivity contribution in [1.82, 2.24) is 15.3 Å². The first-order valence-corrected chi connectivity index (χ1v) is 7.25. The van der Waals surface area contributed by atoms with Gasteiger partial charge in [-0.3, -0.25) is 9.97 Å². The normalized spacial score (nSPS) is 12.4. The van der Waals surface area contributed by atoms with Crippen LogP contribution in [0.1, 0.15) is 35.5 Å². The second kappa shape index (κ2) is 6.82. The minimum absolute atomic E-state index is 0.133. The Kier molecular flexibility index (Phi) is 5.10. The molecule has 1 unspecified atom stereocenters. The molecule has 20 heavy (non-hydrogen) atoms. The third-order valence-corrected chi connectivity index (χ3v) is 3.59. The minimum atomic E-state index is 0.133. The van der Waals surface area contributed by atoms with Crippen LogP contribution in [0.15, 0.2) is 30.6 Å². The summed E-state index contributed by atoms with van der Waals surface area (Å²) in [4.78, 5) is 8.80. The Hall–Kier alpha value is -1.45. The second-order valence-corrected chi connectivity index (χ2v) is 5.40. The van der Waals surface area contributed by atoms with Gasteiger partial charge in [0.25, 0.3) is 0 Å². The smallest absolute Gasteiger partial charge is 0.0759 e. The summed E-state index contributed by atoms with van der Waals surface area (Å²) in [5, 5.41) is 4.26. The molecule has 0 bridgehead atoms. The van der Waals surface area contributed by atoms with Crippen molar-refractivity contribution in [2.24, 2.45) is 0 Å². The molecule has 106 valence electrons. The quantitative estimate of drug-likeness (QED) is 0.913. The number of likely N-dealkylation sites (N-methyl/N-ethyl adjacent to an activating group) is 1. The average Bonchev–Trinajstić information content (AvgIpc) is 2.42. The van der Waals surface area contributed by atoms with E-state index in [2.05, 4.69) is 34.3 Å². The van der Waals surface area contributed by atoms with Gasteiger partial charge in [0.2, 0.25) is 0 Å². The maximum atomic E-state index is 6.32. The van der Waals surface area contributed by atoms with E-state index in [1.165, 1.54) is 5.56 Å². The molecule has 1 heterocycles. The SMILES string of the molecule is CCNC(Cc1ccc(C)cc1Cl)c1cnc(C)cn1. The average molecular weight is 290 g/mol. The number of hydrogen-bond acceptors (Lipinski definition) is 3. The van der Waals surface area contributed by atoms with E-state index in [1.54, 1.807) is 6.20 Å². The first-order valence-electron chi connectivity index (χ1n) is 6.87. The molecule has 0 amide bonds. The predicted molar refractivity (Wildman–Crippen MR) is 83.1 cm³/mol. The molecule has 0 aliphatic carbocycles. The third kappa shape index (κ3) is 3.78. The summed E-state index contributed by atoms with van der Waals surface area (Å²) < 4.78 is 0. The summed E-state index contributed by atoms with van der Waals surface area (Å²) in [7, 11) is 0. The molecule has 2 aromatic rings. The van der Waals surface area contributed by atoms with Gasteiger partial charge in [0.15, 0.2) is 0 Å². The summed E-state index contributed by atoms with van der Waals surface area (Å²) in [6.07, 6.45) is 4.45. The van der Waals surface area contributed by atoms with E-state index in [1.807, 2.05) is 26.1 Å². The van der Waals surface area contributed by atoms with Gasteiger partial charge in [0, 0.05) is 11.2 Å². The summed E-state index contributed by atoms with van der Waals surface area (Å²) in [6.45, 7) is 6.95. The highest BCUT2D eigenvalue weighted by molar-refractivity contribution is 6.31. The summed E-state index contributed by atoms with van der Waals surface area (Å²) in [6, 6.07) is 6.31. The van der Waals surface area contributed by atoms with Crippen molar-refractivity contribution < 1.29 is 0 Å². The molecule has 2 rings (SSSR count). The van der Waals surface area contributed by atoms with Crippen LogP contribution in [0, 0.1) is 13.8 Å². The minimum Gasteiger partial charge on any atom is -0.309 e. The summed E-state index contributed by atoms with van der Waals surface area (Å²) in [5.41, 5.74) is 4.19. The Morgan fingerprint density at radius 2 is 2.00 bits per heavy atom. The van der Waals surface area contributed by atoms with Gasteiger partial charge >= 0.3 is 0 Å². The zero-order valence-electron chi connectivity index (χ0n) is 12.2. The van der Waals surface area contributed by atoms with Crippen molar-refractivity contribution in [3.05, 3.63) is 58.1 Å². The fraction of sp³-hybridized carbons (Fsp3) is 0.375.